The molecule has 2 aliphatic rings. The van der Waals surface area contributed by atoms with Crippen LogP contribution in [0.5, 0.6) is 0 Å². The summed E-state index contributed by atoms with van der Waals surface area (Å²) < 4.78 is 90.2. The van der Waals surface area contributed by atoms with Crippen LogP contribution < -0.4 is 10.6 Å². The quantitative estimate of drug-likeness (QED) is 0.344. The first kappa shape index (κ1) is 36.8. The zero-order chi connectivity index (χ0) is 34.0. The topological polar surface area (TPSA) is 152 Å². The Bertz CT molecular complexity index is 1310. The Morgan fingerprint density at radius 2 is 1.56 bits per heavy atom. The minimum absolute atomic E-state index is 0.0659. The number of piperidine rings is 1. The molecule has 4 rings (SSSR count). The van der Waals surface area contributed by atoms with Gasteiger partial charge in [-0.15, -0.1) is 0 Å². The van der Waals surface area contributed by atoms with Crippen molar-refractivity contribution in [1.29, 1.82) is 0 Å². The number of likely N-dealkylation sites (tertiary alicyclic amines) is 1. The summed E-state index contributed by atoms with van der Waals surface area (Å²) in [5.74, 6) is -7.61. The molecule has 1 spiro atoms. The van der Waals surface area contributed by atoms with Crippen molar-refractivity contribution in [2.24, 2.45) is 0 Å². The standard InChI is InChI=1S/C22H25F2N5O2.2C2HF3O2/c23-17-3-4-18(19(24)12-17)20(30)26-8-11-28-9-5-22(6-10-28)21(31)27-15-29(22)14-16-2-1-7-25-13-16;2*3-2(4,5)1(6)7/h1-4,7,12-13H,5-6,8-11,14-15H2,(H,26,30)(H,27,31);2*(H,6,7). The Morgan fingerprint density at radius 1 is 0.978 bits per heavy atom. The number of rotatable bonds is 6. The van der Waals surface area contributed by atoms with Crippen LogP contribution in [0.3, 0.4) is 0 Å². The minimum Gasteiger partial charge on any atom is -0.475 e. The zero-order valence-corrected chi connectivity index (χ0v) is 23.1. The second-order valence-electron chi connectivity index (χ2n) is 9.58. The Balaban J connectivity index is 0.000000421. The van der Waals surface area contributed by atoms with E-state index in [-0.39, 0.29) is 11.5 Å². The number of nitrogens with zero attached hydrogens (tertiary/aromatic N) is 3. The van der Waals surface area contributed by atoms with Crippen molar-refractivity contribution in [3.63, 3.8) is 0 Å². The second kappa shape index (κ2) is 15.6. The van der Waals surface area contributed by atoms with E-state index in [0.717, 1.165) is 30.8 Å². The van der Waals surface area contributed by atoms with Gasteiger partial charge in [-0.05, 0) is 36.6 Å². The average molecular weight is 658 g/mol. The molecule has 2 fully saturated rings. The molecule has 248 valence electrons. The van der Waals surface area contributed by atoms with Crippen molar-refractivity contribution in [2.75, 3.05) is 32.8 Å². The lowest BCUT2D eigenvalue weighted by Crippen LogP contribution is -2.56. The van der Waals surface area contributed by atoms with Crippen LogP contribution in [-0.2, 0) is 20.9 Å². The number of carbonyl (C=O) groups excluding carboxylic acids is 2. The second-order valence-corrected chi connectivity index (χ2v) is 9.58. The highest BCUT2D eigenvalue weighted by atomic mass is 19.4. The largest absolute Gasteiger partial charge is 0.490 e. The predicted octanol–water partition coefficient (Wildman–Crippen LogP) is 2.78. The SMILES string of the molecule is O=C(NCCN1CCC2(CC1)C(=O)NCN2Cc1cccnc1)c1ccc(F)cc1F.O=C(O)C(F)(F)F.O=C(O)C(F)(F)F. The smallest absolute Gasteiger partial charge is 0.475 e. The number of aromatic nitrogens is 1. The van der Waals surface area contributed by atoms with Gasteiger partial charge in [-0.1, -0.05) is 6.07 Å². The molecule has 4 N–H and O–H groups in total. The molecule has 3 heterocycles. The number of amides is 2. The third kappa shape index (κ3) is 10.9. The summed E-state index contributed by atoms with van der Waals surface area (Å²) in [4.78, 5) is 51.1. The highest BCUT2D eigenvalue weighted by Crippen LogP contribution is 2.33. The fourth-order valence-electron chi connectivity index (χ4n) is 4.33. The van der Waals surface area contributed by atoms with Crippen LogP contribution in [0.4, 0.5) is 35.1 Å². The van der Waals surface area contributed by atoms with Crippen molar-refractivity contribution >= 4 is 23.8 Å². The van der Waals surface area contributed by atoms with Crippen molar-refractivity contribution in [1.82, 2.24) is 25.4 Å². The van der Waals surface area contributed by atoms with E-state index in [4.69, 9.17) is 19.8 Å². The number of nitrogens with one attached hydrogen (secondary N) is 2. The lowest BCUT2D eigenvalue weighted by Gasteiger charge is -2.42. The molecule has 0 atom stereocenters. The third-order valence-electron chi connectivity index (χ3n) is 6.61. The monoisotopic (exact) mass is 657 g/mol. The van der Waals surface area contributed by atoms with Crippen LogP contribution in [0.15, 0.2) is 42.7 Å². The molecule has 0 aliphatic carbocycles. The minimum atomic E-state index is -5.08. The fourth-order valence-corrected chi connectivity index (χ4v) is 4.33. The first-order chi connectivity index (χ1) is 20.9. The average Bonchev–Trinajstić information content (AvgIpc) is 3.23. The Morgan fingerprint density at radius 3 is 2.04 bits per heavy atom. The Labute approximate surface area is 249 Å². The summed E-state index contributed by atoms with van der Waals surface area (Å²) in [5, 5.41) is 19.9. The first-order valence-corrected chi connectivity index (χ1v) is 12.8. The number of halogens is 8. The molecular formula is C26H27F8N5O6. The molecule has 2 saturated heterocycles. The maximum absolute atomic E-state index is 13.7. The van der Waals surface area contributed by atoms with Gasteiger partial charge in [-0.3, -0.25) is 19.5 Å². The summed E-state index contributed by atoms with van der Waals surface area (Å²) in [5.41, 5.74) is 0.372. The van der Waals surface area contributed by atoms with E-state index in [1.165, 1.54) is 0 Å². The van der Waals surface area contributed by atoms with Crippen molar-refractivity contribution in [3.05, 3.63) is 65.5 Å². The molecule has 19 heteroatoms. The van der Waals surface area contributed by atoms with E-state index >= 15 is 0 Å². The van der Waals surface area contributed by atoms with Gasteiger partial charge in [-0.2, -0.15) is 26.3 Å². The number of carbonyl (C=O) groups is 4. The van der Waals surface area contributed by atoms with Crippen LogP contribution >= 0.6 is 0 Å². The Kier molecular flexibility index (Phi) is 12.7. The molecule has 0 bridgehead atoms. The van der Waals surface area contributed by atoms with E-state index in [1.54, 1.807) is 6.20 Å². The fraction of sp³-hybridized carbons (Fsp3) is 0.423. The van der Waals surface area contributed by atoms with Gasteiger partial charge < -0.3 is 25.7 Å². The number of aliphatic carboxylic acids is 2. The normalized spacial score (nSPS) is 16.5. The van der Waals surface area contributed by atoms with Crippen molar-refractivity contribution < 1.29 is 64.5 Å². The van der Waals surface area contributed by atoms with Gasteiger partial charge in [-0.25, -0.2) is 18.4 Å². The molecule has 0 saturated carbocycles. The van der Waals surface area contributed by atoms with Crippen LogP contribution in [0.25, 0.3) is 0 Å². The summed E-state index contributed by atoms with van der Waals surface area (Å²) in [6, 6.07) is 6.79. The number of pyridine rings is 1. The highest BCUT2D eigenvalue weighted by Gasteiger charge is 2.49. The van der Waals surface area contributed by atoms with Gasteiger partial charge in [0.2, 0.25) is 5.91 Å². The number of hydrogen-bond acceptors (Lipinski definition) is 7. The van der Waals surface area contributed by atoms with E-state index in [1.807, 2.05) is 18.3 Å². The summed E-state index contributed by atoms with van der Waals surface area (Å²) >= 11 is 0. The maximum Gasteiger partial charge on any atom is 0.490 e. The Hall–Kier alpha value is -4.39. The molecule has 2 amide bonds. The van der Waals surface area contributed by atoms with Crippen LogP contribution in [0.2, 0.25) is 0 Å². The summed E-state index contributed by atoms with van der Waals surface area (Å²) in [6.07, 6.45) is -5.23. The third-order valence-corrected chi connectivity index (χ3v) is 6.61. The molecule has 45 heavy (non-hydrogen) atoms. The van der Waals surface area contributed by atoms with Gasteiger partial charge in [0, 0.05) is 51.2 Å². The molecule has 2 aromatic rings. The molecule has 2 aliphatic heterocycles. The number of benzene rings is 1. The zero-order valence-electron chi connectivity index (χ0n) is 23.1. The first-order valence-electron chi connectivity index (χ1n) is 12.8. The molecule has 0 unspecified atom stereocenters. The van der Waals surface area contributed by atoms with Crippen LogP contribution in [0, 0.1) is 11.6 Å². The lowest BCUT2D eigenvalue weighted by atomic mass is 9.86. The molecule has 1 aromatic carbocycles. The van der Waals surface area contributed by atoms with Crippen molar-refractivity contribution in [3.8, 4) is 0 Å². The van der Waals surface area contributed by atoms with Gasteiger partial charge in [0.25, 0.3) is 5.91 Å². The van der Waals surface area contributed by atoms with Gasteiger partial charge in [0.15, 0.2) is 0 Å². The highest BCUT2D eigenvalue weighted by molar-refractivity contribution is 5.94. The van der Waals surface area contributed by atoms with E-state index < -0.39 is 47.4 Å². The van der Waals surface area contributed by atoms with Crippen molar-refractivity contribution in [2.45, 2.75) is 37.3 Å². The number of carboxylic acids is 2. The molecular weight excluding hydrogens is 630 g/mol. The van der Waals surface area contributed by atoms with Crippen LogP contribution in [-0.4, -0.2) is 99.5 Å². The molecule has 0 radical (unpaired) electrons. The van der Waals surface area contributed by atoms with Gasteiger partial charge in [0.1, 0.15) is 17.2 Å². The van der Waals surface area contributed by atoms with Gasteiger partial charge >= 0.3 is 24.3 Å². The molecule has 1 aromatic heterocycles. The van der Waals surface area contributed by atoms with Crippen LogP contribution in [0.1, 0.15) is 28.8 Å². The summed E-state index contributed by atoms with van der Waals surface area (Å²) in [6.45, 7) is 3.55. The lowest BCUT2D eigenvalue weighted by molar-refractivity contribution is -0.193. The number of carboxylic acid groups (broad SMARTS) is 2. The number of hydrogen-bond donors (Lipinski definition) is 4. The predicted molar refractivity (Wildman–Crippen MR) is 137 cm³/mol. The molecule has 11 nitrogen and oxygen atoms in total. The maximum atomic E-state index is 13.7. The van der Waals surface area contributed by atoms with E-state index in [9.17, 15) is 44.7 Å². The van der Waals surface area contributed by atoms with E-state index in [2.05, 4.69) is 25.4 Å². The van der Waals surface area contributed by atoms with E-state index in [0.29, 0.717) is 45.2 Å². The van der Waals surface area contributed by atoms with Gasteiger partial charge in [0.05, 0.1) is 12.2 Å². The summed E-state index contributed by atoms with van der Waals surface area (Å²) in [7, 11) is 0. The number of alkyl halides is 6.